The fraction of sp³-hybridized carbons (Fsp3) is 0.0909. The summed E-state index contributed by atoms with van der Waals surface area (Å²) in [6, 6.07) is 3.78. The monoisotopic (exact) mass is 186 g/mol. The van der Waals surface area contributed by atoms with E-state index < -0.39 is 0 Å². The van der Waals surface area contributed by atoms with E-state index in [-0.39, 0.29) is 5.78 Å². The molecule has 3 nitrogen and oxygen atoms in total. The quantitative estimate of drug-likeness (QED) is 0.674. The van der Waals surface area contributed by atoms with E-state index in [0.717, 1.165) is 11.2 Å². The third-order valence-corrected chi connectivity index (χ3v) is 2.07. The molecule has 0 unspecified atom stereocenters. The van der Waals surface area contributed by atoms with Crippen molar-refractivity contribution in [3.8, 4) is 0 Å². The lowest BCUT2D eigenvalue weighted by atomic mass is 10.3. The molecule has 0 aliphatic carbocycles. The van der Waals surface area contributed by atoms with Gasteiger partial charge in [-0.1, -0.05) is 12.7 Å². The maximum atomic E-state index is 11.1. The van der Waals surface area contributed by atoms with Gasteiger partial charge in [-0.2, -0.15) is 0 Å². The molecular formula is C11H10N2O. The van der Waals surface area contributed by atoms with Gasteiger partial charge in [0.1, 0.15) is 11.3 Å². The van der Waals surface area contributed by atoms with Gasteiger partial charge < -0.3 is 4.40 Å². The molecule has 0 bridgehead atoms. The minimum Gasteiger partial charge on any atom is -0.306 e. The molecule has 0 fully saturated rings. The Bertz CT molecular complexity index is 511. The first-order valence-corrected chi connectivity index (χ1v) is 4.33. The molecule has 0 aromatic carbocycles. The smallest absolute Gasteiger partial charge is 0.179 e. The van der Waals surface area contributed by atoms with Gasteiger partial charge in [0, 0.05) is 19.3 Å². The van der Waals surface area contributed by atoms with Crippen LogP contribution in [0.5, 0.6) is 0 Å². The van der Waals surface area contributed by atoms with Crippen LogP contribution in [0.3, 0.4) is 0 Å². The largest absolute Gasteiger partial charge is 0.306 e. The molecular weight excluding hydrogens is 176 g/mol. The van der Waals surface area contributed by atoms with Gasteiger partial charge in [0.15, 0.2) is 5.78 Å². The Labute approximate surface area is 81.7 Å². The summed E-state index contributed by atoms with van der Waals surface area (Å²) in [5.41, 5.74) is 2.28. The SMILES string of the molecule is C=Cc1ccc2nc(C(C)=O)cn2c1. The van der Waals surface area contributed by atoms with E-state index in [0.29, 0.717) is 5.69 Å². The molecule has 2 heterocycles. The first-order valence-electron chi connectivity index (χ1n) is 4.33. The molecule has 70 valence electrons. The summed E-state index contributed by atoms with van der Waals surface area (Å²) in [5, 5.41) is 0. The van der Waals surface area contributed by atoms with Crippen LogP contribution in [-0.2, 0) is 0 Å². The maximum Gasteiger partial charge on any atom is 0.179 e. The average Bonchev–Trinajstić information content (AvgIpc) is 2.59. The Hall–Kier alpha value is -1.90. The van der Waals surface area contributed by atoms with Crippen molar-refractivity contribution in [1.29, 1.82) is 0 Å². The number of aromatic nitrogens is 2. The molecule has 2 rings (SSSR count). The van der Waals surface area contributed by atoms with Gasteiger partial charge in [-0.05, 0) is 17.7 Å². The highest BCUT2D eigenvalue weighted by atomic mass is 16.1. The van der Waals surface area contributed by atoms with Crippen LogP contribution in [0.2, 0.25) is 0 Å². The number of pyridine rings is 1. The van der Waals surface area contributed by atoms with Crippen molar-refractivity contribution in [2.45, 2.75) is 6.92 Å². The first kappa shape index (κ1) is 8.69. The lowest BCUT2D eigenvalue weighted by molar-refractivity contribution is 0.101. The summed E-state index contributed by atoms with van der Waals surface area (Å²) in [5.74, 6) is -0.0196. The summed E-state index contributed by atoms with van der Waals surface area (Å²) in [6.45, 7) is 5.19. The minimum absolute atomic E-state index is 0.0196. The third-order valence-electron chi connectivity index (χ3n) is 2.07. The molecule has 0 amide bonds. The highest BCUT2D eigenvalue weighted by Gasteiger charge is 2.04. The van der Waals surface area contributed by atoms with Crippen molar-refractivity contribution in [2.75, 3.05) is 0 Å². The van der Waals surface area contributed by atoms with E-state index in [1.165, 1.54) is 6.92 Å². The lowest BCUT2D eigenvalue weighted by Crippen LogP contribution is -1.89. The van der Waals surface area contributed by atoms with E-state index in [1.807, 2.05) is 22.7 Å². The second-order valence-electron chi connectivity index (χ2n) is 3.11. The number of nitrogens with zero attached hydrogens (tertiary/aromatic N) is 2. The van der Waals surface area contributed by atoms with E-state index in [1.54, 1.807) is 12.3 Å². The van der Waals surface area contributed by atoms with Gasteiger partial charge >= 0.3 is 0 Å². The zero-order chi connectivity index (χ0) is 10.1. The molecule has 0 atom stereocenters. The Balaban J connectivity index is 2.65. The van der Waals surface area contributed by atoms with Crippen LogP contribution in [0.15, 0.2) is 31.1 Å². The summed E-state index contributed by atoms with van der Waals surface area (Å²) >= 11 is 0. The molecule has 0 spiro atoms. The molecule has 2 aromatic rings. The lowest BCUT2D eigenvalue weighted by Gasteiger charge is -1.94. The van der Waals surface area contributed by atoms with Crippen molar-refractivity contribution in [2.24, 2.45) is 0 Å². The number of hydrogen-bond acceptors (Lipinski definition) is 2. The predicted molar refractivity (Wildman–Crippen MR) is 55.3 cm³/mol. The van der Waals surface area contributed by atoms with Gasteiger partial charge in [-0.3, -0.25) is 4.79 Å². The predicted octanol–water partition coefficient (Wildman–Crippen LogP) is 2.18. The second-order valence-corrected chi connectivity index (χ2v) is 3.11. The van der Waals surface area contributed by atoms with Crippen molar-refractivity contribution < 1.29 is 4.79 Å². The number of carbonyl (C=O) groups excluding carboxylic acids is 1. The molecule has 0 saturated heterocycles. The van der Waals surface area contributed by atoms with Gasteiger partial charge in [0.2, 0.25) is 0 Å². The molecule has 0 aliphatic heterocycles. The van der Waals surface area contributed by atoms with Crippen LogP contribution in [0.4, 0.5) is 0 Å². The normalized spacial score (nSPS) is 10.4. The summed E-state index contributed by atoms with van der Waals surface area (Å²) in [6.07, 6.45) is 5.37. The Kier molecular flexibility index (Phi) is 1.93. The van der Waals surface area contributed by atoms with Crippen LogP contribution in [0, 0.1) is 0 Å². The second kappa shape index (κ2) is 3.10. The molecule has 3 heteroatoms. The van der Waals surface area contributed by atoms with Gasteiger partial charge in [0.05, 0.1) is 0 Å². The first-order chi connectivity index (χ1) is 6.70. The molecule has 0 N–H and O–H groups in total. The van der Waals surface area contributed by atoms with E-state index in [9.17, 15) is 4.79 Å². The standard InChI is InChI=1S/C11H10N2O/c1-3-9-4-5-11-12-10(8(2)14)7-13(11)6-9/h3-7H,1H2,2H3. The van der Waals surface area contributed by atoms with E-state index in [2.05, 4.69) is 11.6 Å². The van der Waals surface area contributed by atoms with Gasteiger partial charge in [-0.15, -0.1) is 0 Å². The van der Waals surface area contributed by atoms with Crippen LogP contribution in [-0.4, -0.2) is 15.2 Å². The third kappa shape index (κ3) is 1.33. The zero-order valence-corrected chi connectivity index (χ0v) is 7.90. The van der Waals surface area contributed by atoms with E-state index in [4.69, 9.17) is 0 Å². The number of rotatable bonds is 2. The number of fused-ring (bicyclic) bond motifs is 1. The van der Waals surface area contributed by atoms with Gasteiger partial charge in [0.25, 0.3) is 0 Å². The number of imidazole rings is 1. The highest BCUT2D eigenvalue weighted by molar-refractivity contribution is 5.92. The van der Waals surface area contributed by atoms with Crippen LogP contribution < -0.4 is 0 Å². The number of hydrogen-bond donors (Lipinski definition) is 0. The number of ketones is 1. The summed E-state index contributed by atoms with van der Waals surface area (Å²) in [7, 11) is 0. The van der Waals surface area contributed by atoms with Crippen molar-refractivity contribution in [1.82, 2.24) is 9.38 Å². The fourth-order valence-corrected chi connectivity index (χ4v) is 1.30. The van der Waals surface area contributed by atoms with Crippen molar-refractivity contribution in [3.05, 3.63) is 42.4 Å². The van der Waals surface area contributed by atoms with Crippen molar-refractivity contribution >= 4 is 17.5 Å². The Morgan fingerprint density at radius 1 is 1.50 bits per heavy atom. The molecule has 14 heavy (non-hydrogen) atoms. The van der Waals surface area contributed by atoms with Crippen LogP contribution >= 0.6 is 0 Å². The molecule has 0 aliphatic rings. The maximum absolute atomic E-state index is 11.1. The van der Waals surface area contributed by atoms with Gasteiger partial charge in [-0.25, -0.2) is 4.98 Å². The summed E-state index contributed by atoms with van der Waals surface area (Å²) in [4.78, 5) is 15.2. The zero-order valence-electron chi connectivity index (χ0n) is 7.90. The Morgan fingerprint density at radius 3 is 2.93 bits per heavy atom. The number of carbonyl (C=O) groups is 1. The fourth-order valence-electron chi connectivity index (χ4n) is 1.30. The number of Topliss-reactive ketones (excluding diaryl/α,β-unsaturated/α-hetero) is 1. The molecule has 2 aromatic heterocycles. The van der Waals surface area contributed by atoms with Crippen LogP contribution in [0.25, 0.3) is 11.7 Å². The van der Waals surface area contributed by atoms with Crippen LogP contribution in [0.1, 0.15) is 23.0 Å². The molecule has 0 saturated carbocycles. The molecule has 0 radical (unpaired) electrons. The van der Waals surface area contributed by atoms with Crippen molar-refractivity contribution in [3.63, 3.8) is 0 Å². The average molecular weight is 186 g/mol. The summed E-state index contributed by atoms with van der Waals surface area (Å²) < 4.78 is 1.83. The Morgan fingerprint density at radius 2 is 2.29 bits per heavy atom. The highest BCUT2D eigenvalue weighted by Crippen LogP contribution is 2.08. The minimum atomic E-state index is -0.0196. The van der Waals surface area contributed by atoms with E-state index >= 15 is 0 Å². The topological polar surface area (TPSA) is 34.4 Å².